The highest BCUT2D eigenvalue weighted by molar-refractivity contribution is 4.87. The van der Waals surface area contributed by atoms with Crippen LogP contribution in [0.2, 0.25) is 0 Å². The van der Waals surface area contributed by atoms with Gasteiger partial charge in [-0.05, 0) is 45.3 Å². The Kier molecular flexibility index (Phi) is 3.23. The Balaban J connectivity index is 1.86. The number of hydrogen-bond donors (Lipinski definition) is 1. The van der Waals surface area contributed by atoms with Gasteiger partial charge < -0.3 is 10.2 Å². The molecule has 2 fully saturated rings. The second-order valence-corrected chi connectivity index (χ2v) is 4.66. The molecular formula is C11H22N2. The molecule has 2 saturated heterocycles. The van der Waals surface area contributed by atoms with Gasteiger partial charge in [0.15, 0.2) is 0 Å². The second-order valence-electron chi connectivity index (χ2n) is 4.66. The summed E-state index contributed by atoms with van der Waals surface area (Å²) in [7, 11) is 2.07. The third-order valence-electron chi connectivity index (χ3n) is 3.59. The van der Waals surface area contributed by atoms with E-state index in [9.17, 15) is 0 Å². The molecule has 0 aliphatic carbocycles. The zero-order chi connectivity index (χ0) is 9.10. The third kappa shape index (κ3) is 2.23. The van der Waals surface area contributed by atoms with Crippen molar-refractivity contribution in [3.05, 3.63) is 0 Å². The lowest BCUT2D eigenvalue weighted by atomic mass is 10.0. The monoisotopic (exact) mass is 182 g/mol. The largest absolute Gasteiger partial charge is 0.319 e. The lowest BCUT2D eigenvalue weighted by molar-refractivity contribution is 0.257. The Bertz CT molecular complexity index is 144. The average Bonchev–Trinajstić information content (AvgIpc) is 2.37. The Hall–Kier alpha value is -0.0800. The van der Waals surface area contributed by atoms with Crippen molar-refractivity contribution in [2.24, 2.45) is 5.92 Å². The van der Waals surface area contributed by atoms with E-state index in [4.69, 9.17) is 0 Å². The number of hydrogen-bond acceptors (Lipinski definition) is 2. The van der Waals surface area contributed by atoms with Gasteiger partial charge in [0.05, 0.1) is 0 Å². The Morgan fingerprint density at radius 3 is 3.08 bits per heavy atom. The number of fused-ring (bicyclic) bond motifs is 1. The quantitative estimate of drug-likeness (QED) is 0.695. The molecule has 2 aliphatic rings. The van der Waals surface area contributed by atoms with Crippen LogP contribution in [0.4, 0.5) is 0 Å². The molecule has 1 N–H and O–H groups in total. The topological polar surface area (TPSA) is 15.3 Å². The Morgan fingerprint density at radius 2 is 2.23 bits per heavy atom. The SMILES string of the molecule is CNCC1CC2CCCCCN2C1. The molecule has 0 radical (unpaired) electrons. The molecular weight excluding hydrogens is 160 g/mol. The van der Waals surface area contributed by atoms with E-state index < -0.39 is 0 Å². The molecule has 2 rings (SSSR count). The first-order valence-electron chi connectivity index (χ1n) is 5.79. The zero-order valence-electron chi connectivity index (χ0n) is 8.76. The number of rotatable bonds is 2. The molecule has 0 spiro atoms. The van der Waals surface area contributed by atoms with Crippen molar-refractivity contribution in [2.45, 2.75) is 38.1 Å². The van der Waals surface area contributed by atoms with Crippen LogP contribution in [-0.4, -0.2) is 37.6 Å². The Labute approximate surface area is 81.7 Å². The molecule has 2 atom stereocenters. The van der Waals surface area contributed by atoms with Gasteiger partial charge in [0.25, 0.3) is 0 Å². The van der Waals surface area contributed by atoms with Crippen molar-refractivity contribution in [3.63, 3.8) is 0 Å². The maximum Gasteiger partial charge on any atom is 0.00989 e. The first-order chi connectivity index (χ1) is 6.40. The molecule has 0 aromatic rings. The maximum absolute atomic E-state index is 3.31. The van der Waals surface area contributed by atoms with Crippen molar-refractivity contribution < 1.29 is 0 Å². The zero-order valence-corrected chi connectivity index (χ0v) is 8.76. The van der Waals surface area contributed by atoms with Gasteiger partial charge in [0.2, 0.25) is 0 Å². The highest BCUT2D eigenvalue weighted by Gasteiger charge is 2.31. The van der Waals surface area contributed by atoms with Crippen LogP contribution >= 0.6 is 0 Å². The van der Waals surface area contributed by atoms with Gasteiger partial charge in [-0.1, -0.05) is 12.8 Å². The summed E-state index contributed by atoms with van der Waals surface area (Å²) in [6, 6.07) is 0.931. The van der Waals surface area contributed by atoms with Crippen LogP contribution in [0.1, 0.15) is 32.1 Å². The molecule has 0 bridgehead atoms. The van der Waals surface area contributed by atoms with E-state index in [1.54, 1.807) is 0 Å². The maximum atomic E-state index is 3.31. The normalized spacial score (nSPS) is 35.8. The molecule has 2 heteroatoms. The summed E-state index contributed by atoms with van der Waals surface area (Å²) in [6.07, 6.45) is 7.26. The van der Waals surface area contributed by atoms with E-state index in [0.717, 1.165) is 12.0 Å². The number of nitrogens with zero attached hydrogens (tertiary/aromatic N) is 1. The highest BCUT2D eigenvalue weighted by atomic mass is 15.2. The van der Waals surface area contributed by atoms with Gasteiger partial charge in [0.1, 0.15) is 0 Å². The van der Waals surface area contributed by atoms with Crippen molar-refractivity contribution in [2.75, 3.05) is 26.7 Å². The van der Waals surface area contributed by atoms with E-state index in [2.05, 4.69) is 17.3 Å². The van der Waals surface area contributed by atoms with Gasteiger partial charge >= 0.3 is 0 Å². The lowest BCUT2D eigenvalue weighted by Gasteiger charge is -2.20. The Morgan fingerprint density at radius 1 is 1.31 bits per heavy atom. The van der Waals surface area contributed by atoms with E-state index in [0.29, 0.717) is 0 Å². The average molecular weight is 182 g/mol. The van der Waals surface area contributed by atoms with Crippen LogP contribution in [0.25, 0.3) is 0 Å². The summed E-state index contributed by atoms with van der Waals surface area (Å²) < 4.78 is 0. The van der Waals surface area contributed by atoms with Crippen LogP contribution in [0.15, 0.2) is 0 Å². The van der Waals surface area contributed by atoms with Crippen LogP contribution < -0.4 is 5.32 Å². The minimum atomic E-state index is 0.924. The first kappa shape index (κ1) is 9.47. The standard InChI is InChI=1S/C11H22N2/c1-12-8-10-7-11-5-3-2-4-6-13(11)9-10/h10-12H,2-9H2,1H3. The van der Waals surface area contributed by atoms with E-state index in [1.165, 1.54) is 51.7 Å². The van der Waals surface area contributed by atoms with Gasteiger partial charge in [-0.3, -0.25) is 0 Å². The van der Waals surface area contributed by atoms with E-state index >= 15 is 0 Å². The summed E-state index contributed by atoms with van der Waals surface area (Å²) >= 11 is 0. The van der Waals surface area contributed by atoms with Gasteiger partial charge in [-0.2, -0.15) is 0 Å². The predicted octanol–water partition coefficient (Wildman–Crippen LogP) is 1.47. The summed E-state index contributed by atoms with van der Waals surface area (Å²) in [5.74, 6) is 0.924. The second kappa shape index (κ2) is 4.43. The molecule has 0 saturated carbocycles. The lowest BCUT2D eigenvalue weighted by Crippen LogP contribution is -2.29. The summed E-state index contributed by atoms with van der Waals surface area (Å²) in [5, 5.41) is 3.31. The predicted molar refractivity (Wildman–Crippen MR) is 55.9 cm³/mol. The molecule has 2 aliphatic heterocycles. The van der Waals surface area contributed by atoms with Gasteiger partial charge in [-0.25, -0.2) is 0 Å². The summed E-state index contributed by atoms with van der Waals surface area (Å²) in [4.78, 5) is 2.73. The highest BCUT2D eigenvalue weighted by Crippen LogP contribution is 2.29. The fourth-order valence-corrected chi connectivity index (χ4v) is 2.97. The molecule has 2 nitrogen and oxygen atoms in total. The van der Waals surface area contributed by atoms with Crippen molar-refractivity contribution in [3.8, 4) is 0 Å². The summed E-state index contributed by atoms with van der Waals surface area (Å²) in [6.45, 7) is 3.93. The fourth-order valence-electron chi connectivity index (χ4n) is 2.97. The minimum absolute atomic E-state index is 0.924. The summed E-state index contributed by atoms with van der Waals surface area (Å²) in [5.41, 5.74) is 0. The molecule has 0 aromatic heterocycles. The van der Waals surface area contributed by atoms with Crippen molar-refractivity contribution >= 4 is 0 Å². The molecule has 76 valence electrons. The smallest absolute Gasteiger partial charge is 0.00989 e. The van der Waals surface area contributed by atoms with E-state index in [-0.39, 0.29) is 0 Å². The fraction of sp³-hybridized carbons (Fsp3) is 1.00. The van der Waals surface area contributed by atoms with Crippen LogP contribution in [0.5, 0.6) is 0 Å². The number of nitrogens with one attached hydrogen (secondary N) is 1. The molecule has 2 heterocycles. The van der Waals surface area contributed by atoms with Gasteiger partial charge in [-0.15, -0.1) is 0 Å². The van der Waals surface area contributed by atoms with Crippen LogP contribution in [-0.2, 0) is 0 Å². The third-order valence-corrected chi connectivity index (χ3v) is 3.59. The van der Waals surface area contributed by atoms with Crippen LogP contribution in [0.3, 0.4) is 0 Å². The first-order valence-corrected chi connectivity index (χ1v) is 5.79. The minimum Gasteiger partial charge on any atom is -0.319 e. The molecule has 0 aromatic carbocycles. The van der Waals surface area contributed by atoms with Crippen LogP contribution in [0, 0.1) is 5.92 Å². The van der Waals surface area contributed by atoms with Crippen molar-refractivity contribution in [1.29, 1.82) is 0 Å². The molecule has 0 amide bonds. The van der Waals surface area contributed by atoms with E-state index in [1.807, 2.05) is 0 Å². The van der Waals surface area contributed by atoms with Gasteiger partial charge in [0, 0.05) is 12.6 Å². The molecule has 2 unspecified atom stereocenters. The van der Waals surface area contributed by atoms with Crippen molar-refractivity contribution in [1.82, 2.24) is 10.2 Å². The molecule has 13 heavy (non-hydrogen) atoms.